The van der Waals surface area contributed by atoms with E-state index < -0.39 is 15.9 Å². The van der Waals surface area contributed by atoms with E-state index in [2.05, 4.69) is 5.32 Å². The third-order valence-electron chi connectivity index (χ3n) is 4.61. The third-order valence-corrected chi connectivity index (χ3v) is 6.43. The number of nitrogens with zero attached hydrogens (tertiary/aromatic N) is 1. The molecule has 0 aliphatic carbocycles. The molecule has 1 N–H and O–H groups in total. The Hall–Kier alpha value is -2.98. The van der Waals surface area contributed by atoms with E-state index in [1.54, 1.807) is 26.4 Å². The van der Waals surface area contributed by atoms with Gasteiger partial charge in [0.25, 0.3) is 0 Å². The Balaban J connectivity index is 1.99. The number of benzene rings is 2. The molecule has 0 saturated carbocycles. The molecule has 2 aromatic rings. The summed E-state index contributed by atoms with van der Waals surface area (Å²) >= 11 is 0. The Labute approximate surface area is 182 Å². The smallest absolute Gasteiger partial charge is 0.247 e. The summed E-state index contributed by atoms with van der Waals surface area (Å²) in [6, 6.07) is 9.95. The first-order valence-electron chi connectivity index (χ1n) is 9.42. The van der Waals surface area contributed by atoms with Crippen molar-refractivity contribution in [3.8, 4) is 23.0 Å². The number of methoxy groups -OCH3 is 4. The molecule has 9 nitrogen and oxygen atoms in total. The van der Waals surface area contributed by atoms with Gasteiger partial charge in [-0.2, -0.15) is 4.31 Å². The lowest BCUT2D eigenvalue weighted by atomic mass is 10.1. The van der Waals surface area contributed by atoms with Crippen LogP contribution in [-0.2, 0) is 21.2 Å². The predicted molar refractivity (Wildman–Crippen MR) is 116 cm³/mol. The molecule has 0 unspecified atom stereocenters. The summed E-state index contributed by atoms with van der Waals surface area (Å²) in [4.78, 5) is 12.2. The van der Waals surface area contributed by atoms with Crippen LogP contribution < -0.4 is 24.3 Å². The van der Waals surface area contributed by atoms with Gasteiger partial charge in [0.2, 0.25) is 15.9 Å². The van der Waals surface area contributed by atoms with E-state index >= 15 is 0 Å². The molecule has 0 bridgehead atoms. The van der Waals surface area contributed by atoms with Gasteiger partial charge >= 0.3 is 0 Å². The van der Waals surface area contributed by atoms with E-state index in [1.165, 1.54) is 33.4 Å². The first-order chi connectivity index (χ1) is 14.8. The first-order valence-corrected chi connectivity index (χ1v) is 10.9. The molecule has 2 rings (SSSR count). The number of carbonyl (C=O) groups is 1. The Kier molecular flexibility index (Phi) is 8.52. The first kappa shape index (κ1) is 24.3. The van der Waals surface area contributed by atoms with Gasteiger partial charge in [-0.15, -0.1) is 0 Å². The van der Waals surface area contributed by atoms with Gasteiger partial charge in [-0.1, -0.05) is 6.07 Å². The maximum absolute atomic E-state index is 12.9. The van der Waals surface area contributed by atoms with Crippen LogP contribution in [0.15, 0.2) is 41.3 Å². The molecule has 0 aliphatic heterocycles. The van der Waals surface area contributed by atoms with Crippen molar-refractivity contribution in [3.05, 3.63) is 42.0 Å². The van der Waals surface area contributed by atoms with Crippen LogP contribution in [0.1, 0.15) is 5.56 Å². The summed E-state index contributed by atoms with van der Waals surface area (Å²) in [5.41, 5.74) is 0.944. The minimum Gasteiger partial charge on any atom is -0.497 e. The second-order valence-electron chi connectivity index (χ2n) is 6.57. The zero-order valence-corrected chi connectivity index (χ0v) is 19.1. The zero-order chi connectivity index (χ0) is 23.0. The van der Waals surface area contributed by atoms with Crippen LogP contribution in [0.25, 0.3) is 0 Å². The Morgan fingerprint density at radius 1 is 0.903 bits per heavy atom. The highest BCUT2D eigenvalue weighted by atomic mass is 32.2. The van der Waals surface area contributed by atoms with E-state index in [0.717, 1.165) is 9.87 Å². The molecule has 0 heterocycles. The van der Waals surface area contributed by atoms with Gasteiger partial charge in [0.1, 0.15) is 16.4 Å². The van der Waals surface area contributed by atoms with E-state index in [4.69, 9.17) is 18.9 Å². The molecule has 10 heteroatoms. The highest BCUT2D eigenvalue weighted by Gasteiger charge is 2.27. The summed E-state index contributed by atoms with van der Waals surface area (Å²) in [6.45, 7) is -0.000679. The minimum absolute atomic E-state index is 0.0741. The van der Waals surface area contributed by atoms with Crippen LogP contribution in [0.3, 0.4) is 0 Å². The maximum atomic E-state index is 12.9. The van der Waals surface area contributed by atoms with E-state index in [1.807, 2.05) is 12.1 Å². The molecule has 0 radical (unpaired) electrons. The molecule has 170 valence electrons. The molecule has 0 aromatic heterocycles. The van der Waals surface area contributed by atoms with Crippen molar-refractivity contribution in [1.82, 2.24) is 9.62 Å². The van der Waals surface area contributed by atoms with Gasteiger partial charge in [0.05, 0.1) is 35.0 Å². The highest BCUT2D eigenvalue weighted by Crippen LogP contribution is 2.30. The third kappa shape index (κ3) is 6.02. The number of hydrogen-bond donors (Lipinski definition) is 1. The lowest BCUT2D eigenvalue weighted by molar-refractivity contribution is -0.121. The Morgan fingerprint density at radius 2 is 1.55 bits per heavy atom. The summed E-state index contributed by atoms with van der Waals surface area (Å²) in [5.74, 6) is 1.33. The molecule has 0 aliphatic rings. The van der Waals surface area contributed by atoms with Gasteiger partial charge in [0, 0.05) is 19.7 Å². The quantitative estimate of drug-likeness (QED) is 0.553. The topological polar surface area (TPSA) is 103 Å². The number of hydrogen-bond acceptors (Lipinski definition) is 7. The fraction of sp³-hybridized carbons (Fsp3) is 0.381. The number of rotatable bonds is 11. The fourth-order valence-electron chi connectivity index (χ4n) is 2.88. The second kappa shape index (κ2) is 10.9. The maximum Gasteiger partial charge on any atom is 0.247 e. The lowest BCUT2D eigenvalue weighted by Crippen LogP contribution is -2.39. The summed E-state index contributed by atoms with van der Waals surface area (Å²) in [7, 11) is 3.30. The van der Waals surface area contributed by atoms with Crippen molar-refractivity contribution in [2.45, 2.75) is 11.3 Å². The Bertz CT molecular complexity index is 1010. The van der Waals surface area contributed by atoms with E-state index in [0.29, 0.717) is 30.2 Å². The second-order valence-corrected chi connectivity index (χ2v) is 8.58. The number of ether oxygens (including phenoxy) is 4. The number of amides is 1. The molecule has 31 heavy (non-hydrogen) atoms. The predicted octanol–water partition coefficient (Wildman–Crippen LogP) is 1.70. The van der Waals surface area contributed by atoms with Crippen molar-refractivity contribution in [1.29, 1.82) is 0 Å². The summed E-state index contributed by atoms with van der Waals surface area (Å²) in [6.07, 6.45) is 0.548. The van der Waals surface area contributed by atoms with Gasteiger partial charge in [0.15, 0.2) is 11.5 Å². The number of nitrogens with one attached hydrogen (secondary N) is 1. The van der Waals surface area contributed by atoms with Crippen LogP contribution in [0.4, 0.5) is 0 Å². The van der Waals surface area contributed by atoms with Crippen molar-refractivity contribution < 1.29 is 32.2 Å². The summed E-state index contributed by atoms with van der Waals surface area (Å²) < 4.78 is 47.5. The number of carbonyl (C=O) groups excluding carboxylic acids is 1. The van der Waals surface area contributed by atoms with Crippen LogP contribution in [-0.4, -0.2) is 67.2 Å². The fourth-order valence-corrected chi connectivity index (χ4v) is 4.17. The zero-order valence-electron chi connectivity index (χ0n) is 18.3. The number of sulfonamides is 1. The molecular formula is C21H28N2O7S. The molecule has 0 saturated heterocycles. The molecule has 1 amide bonds. The average molecular weight is 453 g/mol. The lowest BCUT2D eigenvalue weighted by Gasteiger charge is -2.19. The van der Waals surface area contributed by atoms with Crippen LogP contribution in [0.2, 0.25) is 0 Å². The Morgan fingerprint density at radius 3 is 2.16 bits per heavy atom. The largest absolute Gasteiger partial charge is 0.497 e. The molecular weight excluding hydrogens is 424 g/mol. The van der Waals surface area contributed by atoms with Gasteiger partial charge in [-0.3, -0.25) is 4.79 Å². The van der Waals surface area contributed by atoms with Gasteiger partial charge in [-0.05, 0) is 36.2 Å². The molecule has 0 fully saturated rings. The standard InChI is InChI=1S/C21H28N2O7S/c1-23(31(25,26)20-13-16(27-2)7-9-18(20)29-4)14-21(24)22-11-10-15-6-8-17(28-3)19(12-15)30-5/h6-9,12-13H,10-11,14H2,1-5H3,(H,22,24). The van der Waals surface area contributed by atoms with Gasteiger partial charge < -0.3 is 24.3 Å². The van der Waals surface area contributed by atoms with Crippen LogP contribution in [0.5, 0.6) is 23.0 Å². The van der Waals surface area contributed by atoms with Crippen molar-refractivity contribution in [2.75, 3.05) is 48.6 Å². The summed E-state index contributed by atoms with van der Waals surface area (Å²) in [5, 5.41) is 2.73. The highest BCUT2D eigenvalue weighted by molar-refractivity contribution is 7.89. The number of likely N-dealkylation sites (N-methyl/N-ethyl adjacent to an activating group) is 1. The van der Waals surface area contributed by atoms with Crippen LogP contribution >= 0.6 is 0 Å². The van der Waals surface area contributed by atoms with E-state index in [9.17, 15) is 13.2 Å². The van der Waals surface area contributed by atoms with Crippen molar-refractivity contribution in [3.63, 3.8) is 0 Å². The van der Waals surface area contributed by atoms with Gasteiger partial charge in [-0.25, -0.2) is 8.42 Å². The van der Waals surface area contributed by atoms with Crippen molar-refractivity contribution in [2.24, 2.45) is 0 Å². The monoisotopic (exact) mass is 452 g/mol. The normalized spacial score (nSPS) is 11.2. The van der Waals surface area contributed by atoms with Crippen molar-refractivity contribution >= 4 is 15.9 Å². The van der Waals surface area contributed by atoms with Crippen LogP contribution in [0, 0.1) is 0 Å². The SMILES string of the molecule is COc1ccc(OC)c(S(=O)(=O)N(C)CC(=O)NCCc2ccc(OC)c(OC)c2)c1. The molecule has 0 atom stereocenters. The molecule has 0 spiro atoms. The average Bonchev–Trinajstić information content (AvgIpc) is 2.78. The minimum atomic E-state index is -3.97. The molecule has 2 aromatic carbocycles. The van der Waals surface area contributed by atoms with E-state index in [-0.39, 0.29) is 17.2 Å².